The first-order chi connectivity index (χ1) is 14.5. The molecule has 0 spiro atoms. The summed E-state index contributed by atoms with van der Waals surface area (Å²) in [6.07, 6.45) is 11.9. The normalized spacial score (nSPS) is 18.1. The molecule has 7 heteroatoms. The summed E-state index contributed by atoms with van der Waals surface area (Å²) in [5.41, 5.74) is 2.49. The molecule has 0 aliphatic heterocycles. The van der Waals surface area contributed by atoms with Crippen molar-refractivity contribution in [1.29, 1.82) is 0 Å². The molecular weight excluding hydrogens is 380 g/mol. The lowest BCUT2D eigenvalue weighted by Crippen LogP contribution is -2.36. The van der Waals surface area contributed by atoms with E-state index >= 15 is 0 Å². The Morgan fingerprint density at radius 3 is 2.63 bits per heavy atom. The van der Waals surface area contributed by atoms with Crippen LogP contribution in [0, 0.1) is 5.92 Å². The first-order valence-corrected chi connectivity index (χ1v) is 11.1. The van der Waals surface area contributed by atoms with Gasteiger partial charge in [0.1, 0.15) is 12.4 Å². The lowest BCUT2D eigenvalue weighted by atomic mass is 9.98. The van der Waals surface area contributed by atoms with Gasteiger partial charge in [-0.2, -0.15) is 5.10 Å². The summed E-state index contributed by atoms with van der Waals surface area (Å²) in [5.74, 6) is 1.41. The van der Waals surface area contributed by atoms with E-state index < -0.39 is 0 Å². The molecule has 1 amide bonds. The van der Waals surface area contributed by atoms with E-state index in [9.17, 15) is 4.79 Å². The highest BCUT2D eigenvalue weighted by molar-refractivity contribution is 5.68. The van der Waals surface area contributed by atoms with Crippen molar-refractivity contribution in [1.82, 2.24) is 19.7 Å². The van der Waals surface area contributed by atoms with Gasteiger partial charge in [0.05, 0.1) is 29.9 Å². The van der Waals surface area contributed by atoms with Crippen molar-refractivity contribution in [2.24, 2.45) is 13.0 Å². The van der Waals surface area contributed by atoms with E-state index in [0.717, 1.165) is 35.5 Å². The van der Waals surface area contributed by atoms with Gasteiger partial charge in [-0.3, -0.25) is 9.67 Å². The predicted octanol–water partition coefficient (Wildman–Crippen LogP) is 4.56. The number of carbonyl (C=O) groups excluding carboxylic acids is 1. The highest BCUT2D eigenvalue weighted by Crippen LogP contribution is 2.35. The smallest absolute Gasteiger partial charge is 0.410 e. The van der Waals surface area contributed by atoms with E-state index in [4.69, 9.17) is 9.47 Å². The minimum Gasteiger partial charge on any atom is -0.489 e. The summed E-state index contributed by atoms with van der Waals surface area (Å²) in [4.78, 5) is 18.7. The van der Waals surface area contributed by atoms with Crippen molar-refractivity contribution in [3.63, 3.8) is 0 Å². The Morgan fingerprint density at radius 1 is 1.20 bits per heavy atom. The van der Waals surface area contributed by atoms with Crippen molar-refractivity contribution in [3.8, 4) is 17.0 Å². The minimum absolute atomic E-state index is 0.161. The Morgan fingerprint density at radius 2 is 1.97 bits per heavy atom. The monoisotopic (exact) mass is 412 g/mol. The Kier molecular flexibility index (Phi) is 6.25. The van der Waals surface area contributed by atoms with E-state index in [-0.39, 0.29) is 18.7 Å². The number of hydrogen-bond acceptors (Lipinski definition) is 5. The van der Waals surface area contributed by atoms with E-state index in [1.54, 1.807) is 22.0 Å². The van der Waals surface area contributed by atoms with Crippen LogP contribution >= 0.6 is 0 Å². The molecule has 2 aliphatic carbocycles. The number of aryl methyl sites for hydroxylation is 1. The maximum absolute atomic E-state index is 12.4. The van der Waals surface area contributed by atoms with Crippen LogP contribution in [0.15, 0.2) is 24.5 Å². The molecule has 4 rings (SSSR count). The zero-order valence-corrected chi connectivity index (χ0v) is 18.2. The average molecular weight is 413 g/mol. The SMILES string of the molecule is C[C@@H](C1CC1)N(C)C(=O)OCc1c(-c2ccc(OC3CCCCC3)cn2)cnn1C. The molecule has 2 heterocycles. The third-order valence-corrected chi connectivity index (χ3v) is 6.46. The van der Waals surface area contributed by atoms with Crippen molar-refractivity contribution in [3.05, 3.63) is 30.2 Å². The van der Waals surface area contributed by atoms with Crippen molar-refractivity contribution >= 4 is 6.09 Å². The third kappa shape index (κ3) is 4.77. The molecule has 1 atom stereocenters. The van der Waals surface area contributed by atoms with Gasteiger partial charge in [-0.25, -0.2) is 4.79 Å². The summed E-state index contributed by atoms with van der Waals surface area (Å²) in [6, 6.07) is 4.12. The molecule has 2 aliphatic rings. The molecule has 0 bridgehead atoms. The second-order valence-corrected chi connectivity index (χ2v) is 8.63. The zero-order chi connectivity index (χ0) is 21.1. The van der Waals surface area contributed by atoms with Crippen LogP contribution in [0.2, 0.25) is 0 Å². The van der Waals surface area contributed by atoms with Gasteiger partial charge in [-0.1, -0.05) is 6.42 Å². The van der Waals surface area contributed by atoms with Crippen LogP contribution in [0.4, 0.5) is 4.79 Å². The first kappa shape index (κ1) is 20.7. The molecule has 0 saturated heterocycles. The first-order valence-electron chi connectivity index (χ1n) is 11.1. The van der Waals surface area contributed by atoms with Gasteiger partial charge in [0.15, 0.2) is 0 Å². The molecule has 162 valence electrons. The predicted molar refractivity (Wildman–Crippen MR) is 114 cm³/mol. The van der Waals surface area contributed by atoms with Crippen LogP contribution in [0.25, 0.3) is 11.3 Å². The van der Waals surface area contributed by atoms with E-state index in [0.29, 0.717) is 12.0 Å². The number of nitrogens with zero attached hydrogens (tertiary/aromatic N) is 4. The standard InChI is InChI=1S/C23H32N4O3/c1-16(17-9-10-17)26(2)23(28)29-15-22-20(14-25-27(22)3)21-12-11-19(13-24-21)30-18-7-5-4-6-8-18/h11-14,16-18H,4-10,15H2,1-3H3/t16-/m0/s1. The largest absolute Gasteiger partial charge is 0.489 e. The molecule has 0 N–H and O–H groups in total. The Balaban J connectivity index is 1.39. The zero-order valence-electron chi connectivity index (χ0n) is 18.2. The maximum Gasteiger partial charge on any atom is 0.410 e. The number of rotatable bonds is 7. The number of carbonyl (C=O) groups is 1. The van der Waals surface area contributed by atoms with Crippen LogP contribution < -0.4 is 4.74 Å². The average Bonchev–Trinajstić information content (AvgIpc) is 3.55. The van der Waals surface area contributed by atoms with Gasteiger partial charge in [0, 0.05) is 25.7 Å². The molecule has 2 aromatic rings. The third-order valence-electron chi connectivity index (χ3n) is 6.46. The number of ether oxygens (including phenoxy) is 2. The molecule has 30 heavy (non-hydrogen) atoms. The number of amides is 1. The van der Waals surface area contributed by atoms with Gasteiger partial charge >= 0.3 is 6.09 Å². The summed E-state index contributed by atoms with van der Waals surface area (Å²) >= 11 is 0. The summed E-state index contributed by atoms with van der Waals surface area (Å²) < 4.78 is 13.4. The van der Waals surface area contributed by atoms with Crippen LogP contribution in [0.1, 0.15) is 57.6 Å². The van der Waals surface area contributed by atoms with Crippen molar-refractivity contribution in [2.45, 2.75) is 70.6 Å². The fourth-order valence-corrected chi connectivity index (χ4v) is 4.13. The number of aromatic nitrogens is 3. The summed E-state index contributed by atoms with van der Waals surface area (Å²) in [5, 5.41) is 4.35. The molecule has 2 aromatic heterocycles. The Hall–Kier alpha value is -2.57. The molecule has 2 fully saturated rings. The van der Waals surface area contributed by atoms with E-state index in [1.807, 2.05) is 26.2 Å². The summed E-state index contributed by atoms with van der Waals surface area (Å²) in [6.45, 7) is 2.24. The second-order valence-electron chi connectivity index (χ2n) is 8.63. The molecule has 2 saturated carbocycles. The molecular formula is C23H32N4O3. The fourth-order valence-electron chi connectivity index (χ4n) is 4.13. The summed E-state index contributed by atoms with van der Waals surface area (Å²) in [7, 11) is 3.66. The van der Waals surface area contributed by atoms with Crippen LogP contribution in [0.3, 0.4) is 0 Å². The highest BCUT2D eigenvalue weighted by Gasteiger charge is 2.33. The van der Waals surface area contributed by atoms with Gasteiger partial charge < -0.3 is 14.4 Å². The lowest BCUT2D eigenvalue weighted by Gasteiger charge is -2.24. The second kappa shape index (κ2) is 9.06. The van der Waals surface area contributed by atoms with E-state index in [1.165, 1.54) is 32.1 Å². The van der Waals surface area contributed by atoms with Crippen molar-refractivity contribution < 1.29 is 14.3 Å². The molecule has 0 unspecified atom stereocenters. The number of pyridine rings is 1. The van der Waals surface area contributed by atoms with Crippen LogP contribution in [0.5, 0.6) is 5.75 Å². The maximum atomic E-state index is 12.4. The molecule has 0 aromatic carbocycles. The van der Waals surface area contributed by atoms with Crippen LogP contribution in [-0.2, 0) is 18.4 Å². The number of hydrogen-bond donors (Lipinski definition) is 0. The molecule has 0 radical (unpaired) electrons. The quantitative estimate of drug-likeness (QED) is 0.667. The topological polar surface area (TPSA) is 69.5 Å². The minimum atomic E-state index is -0.300. The van der Waals surface area contributed by atoms with Crippen molar-refractivity contribution in [2.75, 3.05) is 7.05 Å². The molecule has 7 nitrogen and oxygen atoms in total. The highest BCUT2D eigenvalue weighted by atomic mass is 16.6. The lowest BCUT2D eigenvalue weighted by molar-refractivity contribution is 0.0883. The Labute approximate surface area is 178 Å². The van der Waals surface area contributed by atoms with Crippen LogP contribution in [-0.4, -0.2) is 45.0 Å². The van der Waals surface area contributed by atoms with Gasteiger partial charge in [0.2, 0.25) is 0 Å². The Bertz CT molecular complexity index is 854. The van der Waals surface area contributed by atoms with Gasteiger partial charge in [-0.05, 0) is 63.5 Å². The van der Waals surface area contributed by atoms with Gasteiger partial charge in [-0.15, -0.1) is 0 Å². The van der Waals surface area contributed by atoms with Gasteiger partial charge in [0.25, 0.3) is 0 Å². The van der Waals surface area contributed by atoms with E-state index in [2.05, 4.69) is 17.0 Å². The fraction of sp³-hybridized carbons (Fsp3) is 0.609.